The molecule has 0 saturated carbocycles. The molecule has 0 bridgehead atoms. The van der Waals surface area contributed by atoms with Crippen molar-refractivity contribution in [1.29, 1.82) is 0 Å². The maximum atomic E-state index is 10.7. The number of carboxylic acids is 1. The number of esters is 1. The number of nitrogens with one attached hydrogen (secondary N) is 1. The molecule has 3 N–H and O–H groups in total. The summed E-state index contributed by atoms with van der Waals surface area (Å²) in [5.74, 6) is -1.83. The van der Waals surface area contributed by atoms with E-state index in [9.17, 15) is 9.59 Å². The van der Waals surface area contributed by atoms with Crippen LogP contribution in [0.1, 0.15) is 0 Å². The Morgan fingerprint density at radius 1 is 1.54 bits per heavy atom. The molecule has 0 aliphatic heterocycles. The fraction of sp³-hybridized carbons (Fsp3) is 0.500. The Bertz CT molecular complexity index is 184. The molecule has 0 unspecified atom stereocenters. The first-order valence-electron chi connectivity index (χ1n) is 3.39. The first-order valence-corrected chi connectivity index (χ1v) is 3.39. The summed E-state index contributed by atoms with van der Waals surface area (Å²) in [6.45, 7) is -0.353. The molecule has 0 aromatic heterocycles. The number of aliphatic carboxylic acids is 1. The van der Waals surface area contributed by atoms with E-state index in [1.54, 1.807) is 0 Å². The lowest BCUT2D eigenvalue weighted by Crippen LogP contribution is -2.42. The third kappa shape index (κ3) is 6.02. The van der Waals surface area contributed by atoms with Gasteiger partial charge in [-0.15, -0.1) is 0 Å². The molecule has 1 radical (unpaired) electrons. The Balaban J connectivity index is 3.83. The van der Waals surface area contributed by atoms with Gasteiger partial charge in [0.1, 0.15) is 13.1 Å². The summed E-state index contributed by atoms with van der Waals surface area (Å²) < 4.78 is 4.07. The second-order valence-corrected chi connectivity index (χ2v) is 2.07. The fourth-order valence-corrected chi connectivity index (χ4v) is 0.629. The maximum absolute atomic E-state index is 10.7. The van der Waals surface area contributed by atoms with Crippen LogP contribution in [-0.2, 0) is 14.3 Å². The van der Waals surface area contributed by atoms with Crippen LogP contribution in [0, 0.1) is 6.79 Å². The molecule has 0 aliphatic carbocycles. The van der Waals surface area contributed by atoms with Crippen molar-refractivity contribution >= 4 is 11.9 Å². The minimum Gasteiger partial charge on any atom is -0.480 e. The van der Waals surface area contributed by atoms with E-state index in [4.69, 9.17) is 10.2 Å². The van der Waals surface area contributed by atoms with E-state index < -0.39 is 11.9 Å². The van der Waals surface area contributed by atoms with Crippen LogP contribution >= 0.6 is 0 Å². The summed E-state index contributed by atoms with van der Waals surface area (Å²) in [7, 11) is 1.47. The molecular formula is C6H11N2O5. The van der Waals surface area contributed by atoms with E-state index in [1.165, 1.54) is 7.05 Å². The highest BCUT2D eigenvalue weighted by Gasteiger charge is 2.12. The molecule has 0 fully saturated rings. The molecule has 7 heteroatoms. The van der Waals surface area contributed by atoms with Crippen LogP contribution in [0.15, 0.2) is 0 Å². The van der Waals surface area contributed by atoms with Crippen molar-refractivity contribution in [3.8, 4) is 0 Å². The molecule has 7 nitrogen and oxygen atoms in total. The number of hydrogen-bond donors (Lipinski definition) is 3. The minimum absolute atomic E-state index is 0.247. The number of aliphatic hydroxyl groups is 1. The molecule has 0 heterocycles. The molecule has 0 spiro atoms. The van der Waals surface area contributed by atoms with Gasteiger partial charge in [-0.05, 0) is 7.05 Å². The number of hydrazine groups is 1. The van der Waals surface area contributed by atoms with Crippen molar-refractivity contribution in [2.45, 2.75) is 0 Å². The Labute approximate surface area is 74.9 Å². The number of carbonyl (C=O) groups excluding carboxylic acids is 1. The number of aliphatic hydroxyl groups excluding tert-OH is 1. The summed E-state index contributed by atoms with van der Waals surface area (Å²) in [5, 5.41) is 17.6. The zero-order chi connectivity index (χ0) is 10.3. The van der Waals surface area contributed by atoms with E-state index >= 15 is 0 Å². The van der Waals surface area contributed by atoms with Crippen LogP contribution < -0.4 is 5.43 Å². The predicted molar refractivity (Wildman–Crippen MR) is 40.6 cm³/mol. The highest BCUT2D eigenvalue weighted by Crippen LogP contribution is 1.86. The van der Waals surface area contributed by atoms with Gasteiger partial charge in [-0.1, -0.05) is 0 Å². The first-order chi connectivity index (χ1) is 6.10. The first kappa shape index (κ1) is 11.8. The molecule has 0 saturated heterocycles. The number of carboxylic acid groups (broad SMARTS) is 1. The standard InChI is InChI=1S/C6H11N2O5/c1-7-8(2-5(10)11)3-6(12)13-4-9/h4,7,9H,2-3H2,1H3,(H,10,11). The van der Waals surface area contributed by atoms with Crippen molar-refractivity contribution in [2.24, 2.45) is 0 Å². The SMILES string of the molecule is CNN(CC(=O)O)CC(=O)O[CH]O. The average molecular weight is 191 g/mol. The number of ether oxygens (including phenoxy) is 1. The smallest absolute Gasteiger partial charge is 0.324 e. The van der Waals surface area contributed by atoms with Crippen molar-refractivity contribution in [1.82, 2.24) is 10.4 Å². The van der Waals surface area contributed by atoms with Crippen molar-refractivity contribution < 1.29 is 24.5 Å². The van der Waals surface area contributed by atoms with E-state index in [0.29, 0.717) is 0 Å². The number of rotatable bonds is 6. The third-order valence-corrected chi connectivity index (χ3v) is 1.15. The Morgan fingerprint density at radius 3 is 2.54 bits per heavy atom. The summed E-state index contributed by atoms with van der Waals surface area (Å²) in [4.78, 5) is 20.9. The van der Waals surface area contributed by atoms with Gasteiger partial charge in [0.05, 0.1) is 0 Å². The van der Waals surface area contributed by atoms with Gasteiger partial charge in [-0.3, -0.25) is 15.0 Å². The van der Waals surface area contributed by atoms with Gasteiger partial charge in [0.2, 0.25) is 0 Å². The molecular weight excluding hydrogens is 180 g/mol. The summed E-state index contributed by atoms with van der Waals surface area (Å²) in [6.07, 6.45) is 0. The summed E-state index contributed by atoms with van der Waals surface area (Å²) in [5.41, 5.74) is 2.48. The molecule has 0 atom stereocenters. The summed E-state index contributed by atoms with van der Waals surface area (Å²) >= 11 is 0. The largest absolute Gasteiger partial charge is 0.480 e. The average Bonchev–Trinajstić information content (AvgIpc) is 2.02. The van der Waals surface area contributed by atoms with Gasteiger partial charge in [0.25, 0.3) is 6.79 Å². The van der Waals surface area contributed by atoms with Gasteiger partial charge in [0, 0.05) is 0 Å². The second kappa shape index (κ2) is 6.35. The predicted octanol–water partition coefficient (Wildman–Crippen LogP) is -1.46. The molecule has 0 amide bonds. The van der Waals surface area contributed by atoms with Crippen molar-refractivity contribution in [3.05, 3.63) is 6.79 Å². The van der Waals surface area contributed by atoms with Crippen LogP contribution in [0.3, 0.4) is 0 Å². The van der Waals surface area contributed by atoms with E-state index in [1.807, 2.05) is 0 Å². The van der Waals surface area contributed by atoms with Crippen molar-refractivity contribution in [2.75, 3.05) is 20.1 Å². The highest BCUT2D eigenvalue weighted by molar-refractivity contribution is 5.74. The molecule has 0 aromatic rings. The third-order valence-electron chi connectivity index (χ3n) is 1.15. The Kier molecular flexibility index (Phi) is 5.77. The highest BCUT2D eigenvalue weighted by atomic mass is 16.6. The molecule has 0 aliphatic rings. The number of carbonyl (C=O) groups is 2. The lowest BCUT2D eigenvalue weighted by atomic mass is 10.5. The van der Waals surface area contributed by atoms with E-state index in [-0.39, 0.29) is 19.9 Å². The van der Waals surface area contributed by atoms with Gasteiger partial charge in [-0.2, -0.15) is 0 Å². The minimum atomic E-state index is -1.07. The van der Waals surface area contributed by atoms with E-state index in [0.717, 1.165) is 5.01 Å². The van der Waals surface area contributed by atoms with Gasteiger partial charge < -0.3 is 14.9 Å². The normalized spacial score (nSPS) is 10.1. The quantitative estimate of drug-likeness (QED) is 0.348. The number of nitrogens with zero attached hydrogens (tertiary/aromatic N) is 1. The van der Waals surface area contributed by atoms with Gasteiger partial charge in [-0.25, -0.2) is 5.01 Å². The Morgan fingerprint density at radius 2 is 2.15 bits per heavy atom. The second-order valence-electron chi connectivity index (χ2n) is 2.07. The van der Waals surface area contributed by atoms with Crippen LogP contribution in [-0.4, -0.2) is 47.3 Å². The van der Waals surface area contributed by atoms with Crippen LogP contribution in [0.25, 0.3) is 0 Å². The zero-order valence-electron chi connectivity index (χ0n) is 7.06. The van der Waals surface area contributed by atoms with Gasteiger partial charge in [0.15, 0.2) is 0 Å². The topological polar surface area (TPSA) is 99.1 Å². The van der Waals surface area contributed by atoms with Crippen LogP contribution in [0.2, 0.25) is 0 Å². The van der Waals surface area contributed by atoms with Crippen LogP contribution in [0.4, 0.5) is 0 Å². The maximum Gasteiger partial charge on any atom is 0.324 e. The molecule has 0 aromatic carbocycles. The van der Waals surface area contributed by atoms with Crippen molar-refractivity contribution in [3.63, 3.8) is 0 Å². The monoisotopic (exact) mass is 191 g/mol. The Hall–Kier alpha value is -1.18. The van der Waals surface area contributed by atoms with Crippen LogP contribution in [0.5, 0.6) is 0 Å². The summed E-state index contributed by atoms with van der Waals surface area (Å²) in [6, 6.07) is 0. The number of hydrogen-bond acceptors (Lipinski definition) is 6. The zero-order valence-corrected chi connectivity index (χ0v) is 7.06. The van der Waals surface area contributed by atoms with Gasteiger partial charge >= 0.3 is 11.9 Å². The van der Waals surface area contributed by atoms with E-state index in [2.05, 4.69) is 10.2 Å². The lowest BCUT2D eigenvalue weighted by Gasteiger charge is -2.16. The lowest BCUT2D eigenvalue weighted by molar-refractivity contribution is -0.148. The fourth-order valence-electron chi connectivity index (χ4n) is 0.629. The molecule has 75 valence electrons. The molecule has 0 rings (SSSR count). The molecule has 13 heavy (non-hydrogen) atoms.